The van der Waals surface area contributed by atoms with Gasteiger partial charge in [0.15, 0.2) is 4.77 Å². The Kier molecular flexibility index (Phi) is 3.66. The number of hydrogen-bond donors (Lipinski definition) is 1. The molecule has 4 nitrogen and oxygen atoms in total. The van der Waals surface area contributed by atoms with Crippen molar-refractivity contribution in [3.63, 3.8) is 0 Å². The molecule has 0 spiro atoms. The minimum absolute atomic E-state index is 0.609. The molecule has 2 heterocycles. The van der Waals surface area contributed by atoms with E-state index < -0.39 is 0 Å². The molecular formula is C13H9Br2N3OS. The van der Waals surface area contributed by atoms with Crippen molar-refractivity contribution in [3.8, 4) is 11.4 Å². The van der Waals surface area contributed by atoms with E-state index in [1.165, 1.54) is 0 Å². The van der Waals surface area contributed by atoms with E-state index in [0.29, 0.717) is 4.77 Å². The molecule has 0 atom stereocenters. The lowest BCUT2D eigenvalue weighted by atomic mass is 10.3. The number of benzene rings is 1. The Morgan fingerprint density at radius 1 is 1.30 bits per heavy atom. The van der Waals surface area contributed by atoms with Gasteiger partial charge in [0.2, 0.25) is 0 Å². The number of rotatable bonds is 2. The zero-order chi connectivity index (χ0) is 14.3. The monoisotopic (exact) mass is 413 g/mol. The second-order valence-corrected chi connectivity index (χ2v) is 6.19. The lowest BCUT2D eigenvalue weighted by Gasteiger charge is -2.11. The summed E-state index contributed by atoms with van der Waals surface area (Å²) in [6.07, 6.45) is 3.50. The van der Waals surface area contributed by atoms with Crippen LogP contribution in [0.1, 0.15) is 0 Å². The van der Waals surface area contributed by atoms with Gasteiger partial charge in [0.25, 0.3) is 0 Å². The van der Waals surface area contributed by atoms with Crippen molar-refractivity contribution in [2.75, 3.05) is 7.11 Å². The largest absolute Gasteiger partial charge is 0.495 e. The summed E-state index contributed by atoms with van der Waals surface area (Å²) in [6, 6.07) is 5.79. The number of aromatic amines is 1. The maximum Gasteiger partial charge on any atom is 0.182 e. The molecule has 1 aromatic carbocycles. The van der Waals surface area contributed by atoms with E-state index in [-0.39, 0.29) is 0 Å². The van der Waals surface area contributed by atoms with Crippen molar-refractivity contribution >= 4 is 55.1 Å². The molecule has 0 unspecified atom stereocenters. The number of pyridine rings is 1. The van der Waals surface area contributed by atoms with Crippen LogP contribution >= 0.6 is 44.1 Å². The second kappa shape index (κ2) is 5.31. The van der Waals surface area contributed by atoms with Gasteiger partial charge in [0.1, 0.15) is 5.75 Å². The van der Waals surface area contributed by atoms with Gasteiger partial charge < -0.3 is 9.72 Å². The zero-order valence-electron chi connectivity index (χ0n) is 10.4. The molecule has 0 saturated heterocycles. The fraction of sp³-hybridized carbons (Fsp3) is 0.0769. The van der Waals surface area contributed by atoms with E-state index in [1.807, 2.05) is 22.8 Å². The van der Waals surface area contributed by atoms with Gasteiger partial charge in [-0.25, -0.2) is 0 Å². The summed E-state index contributed by atoms with van der Waals surface area (Å²) >= 11 is 12.4. The van der Waals surface area contributed by atoms with Crippen molar-refractivity contribution < 1.29 is 4.74 Å². The Labute approximate surface area is 137 Å². The highest BCUT2D eigenvalue weighted by Gasteiger charge is 2.13. The maximum absolute atomic E-state index is 5.41. The number of nitrogens with one attached hydrogen (secondary N) is 1. The van der Waals surface area contributed by atoms with E-state index in [1.54, 1.807) is 19.5 Å². The Bertz CT molecular complexity index is 856. The van der Waals surface area contributed by atoms with Crippen LogP contribution in [0.5, 0.6) is 5.75 Å². The SMILES string of the molecule is COc1cc(-n2c(=S)[nH]c3cnccc32)c(Br)cc1Br. The number of H-pyrrole nitrogens is 1. The van der Waals surface area contributed by atoms with E-state index >= 15 is 0 Å². The van der Waals surface area contributed by atoms with E-state index in [2.05, 4.69) is 41.8 Å². The average Bonchev–Trinajstić information content (AvgIpc) is 2.75. The molecule has 102 valence electrons. The van der Waals surface area contributed by atoms with Crippen LogP contribution < -0.4 is 4.74 Å². The van der Waals surface area contributed by atoms with Gasteiger partial charge in [-0.05, 0) is 56.2 Å². The van der Waals surface area contributed by atoms with E-state index in [0.717, 1.165) is 31.4 Å². The number of nitrogens with zero attached hydrogens (tertiary/aromatic N) is 2. The molecule has 3 aromatic rings. The third-order valence-corrected chi connectivity index (χ3v) is 4.49. The van der Waals surface area contributed by atoms with Gasteiger partial charge in [-0.2, -0.15) is 0 Å². The van der Waals surface area contributed by atoms with Crippen molar-refractivity contribution in [1.29, 1.82) is 0 Å². The number of aromatic nitrogens is 3. The second-order valence-electron chi connectivity index (χ2n) is 4.10. The highest BCUT2D eigenvalue weighted by atomic mass is 79.9. The third-order valence-electron chi connectivity index (χ3n) is 2.95. The standard InChI is InChI=1S/C13H9Br2N3OS/c1-19-12-5-11(7(14)4-8(12)15)18-10-2-3-16-6-9(10)17-13(18)20/h2-6H,1H3,(H,17,20). The molecule has 0 saturated carbocycles. The molecule has 3 rings (SSSR count). The average molecular weight is 415 g/mol. The number of methoxy groups -OCH3 is 1. The Morgan fingerprint density at radius 3 is 2.85 bits per heavy atom. The molecule has 0 aliphatic rings. The van der Waals surface area contributed by atoms with Crippen LogP contribution in [-0.4, -0.2) is 21.6 Å². The fourth-order valence-corrected chi connectivity index (χ4v) is 3.68. The summed E-state index contributed by atoms with van der Waals surface area (Å²) in [7, 11) is 1.64. The summed E-state index contributed by atoms with van der Waals surface area (Å²) < 4.78 is 9.71. The number of imidazole rings is 1. The molecule has 20 heavy (non-hydrogen) atoms. The van der Waals surface area contributed by atoms with Crippen LogP contribution in [0.15, 0.2) is 39.5 Å². The Balaban J connectivity index is 2.36. The smallest absolute Gasteiger partial charge is 0.182 e. The molecule has 0 amide bonds. The molecule has 0 aliphatic heterocycles. The highest BCUT2D eigenvalue weighted by Crippen LogP contribution is 2.34. The molecule has 0 bridgehead atoms. The third kappa shape index (κ3) is 2.19. The molecule has 0 fully saturated rings. The van der Waals surface area contributed by atoms with Crippen LogP contribution in [0.3, 0.4) is 0 Å². The quantitative estimate of drug-likeness (QED) is 0.622. The van der Waals surface area contributed by atoms with E-state index in [4.69, 9.17) is 17.0 Å². The van der Waals surface area contributed by atoms with Gasteiger partial charge in [-0.15, -0.1) is 0 Å². The summed E-state index contributed by atoms with van der Waals surface area (Å²) in [6.45, 7) is 0. The topological polar surface area (TPSA) is 42.8 Å². The van der Waals surface area contributed by atoms with Crippen LogP contribution in [-0.2, 0) is 0 Å². The predicted octanol–water partition coefficient (Wildman–Crippen LogP) is 4.62. The van der Waals surface area contributed by atoms with Gasteiger partial charge in [-0.3, -0.25) is 9.55 Å². The molecular weight excluding hydrogens is 406 g/mol. The molecule has 2 aromatic heterocycles. The first-order valence-corrected chi connectivity index (χ1v) is 7.69. The first kappa shape index (κ1) is 13.8. The fourth-order valence-electron chi connectivity index (χ4n) is 2.04. The van der Waals surface area contributed by atoms with Gasteiger partial charge in [-0.1, -0.05) is 0 Å². The summed E-state index contributed by atoms with van der Waals surface area (Å²) in [5.74, 6) is 0.744. The number of ether oxygens (including phenoxy) is 1. The lowest BCUT2D eigenvalue weighted by Crippen LogP contribution is -1.97. The molecule has 0 aliphatic carbocycles. The predicted molar refractivity (Wildman–Crippen MR) is 88.2 cm³/mol. The highest BCUT2D eigenvalue weighted by molar-refractivity contribution is 9.11. The lowest BCUT2D eigenvalue weighted by molar-refractivity contribution is 0.412. The zero-order valence-corrected chi connectivity index (χ0v) is 14.3. The Hall–Kier alpha value is -1.18. The molecule has 7 heteroatoms. The minimum atomic E-state index is 0.609. The van der Waals surface area contributed by atoms with Crippen molar-refractivity contribution in [1.82, 2.24) is 14.5 Å². The van der Waals surface area contributed by atoms with Gasteiger partial charge in [0.05, 0.1) is 34.5 Å². The van der Waals surface area contributed by atoms with Crippen molar-refractivity contribution in [2.45, 2.75) is 0 Å². The summed E-state index contributed by atoms with van der Waals surface area (Å²) in [5.41, 5.74) is 2.77. The summed E-state index contributed by atoms with van der Waals surface area (Å²) in [5, 5.41) is 0. The van der Waals surface area contributed by atoms with E-state index in [9.17, 15) is 0 Å². The number of halogens is 2. The normalized spacial score (nSPS) is 10.9. The molecule has 0 radical (unpaired) electrons. The minimum Gasteiger partial charge on any atom is -0.495 e. The van der Waals surface area contributed by atoms with Gasteiger partial charge >= 0.3 is 0 Å². The first-order chi connectivity index (χ1) is 9.61. The van der Waals surface area contributed by atoms with Gasteiger partial charge in [0, 0.05) is 16.7 Å². The van der Waals surface area contributed by atoms with Crippen LogP contribution in [0.2, 0.25) is 0 Å². The summed E-state index contributed by atoms with van der Waals surface area (Å²) in [4.78, 5) is 7.24. The van der Waals surface area contributed by atoms with Crippen LogP contribution in [0, 0.1) is 4.77 Å². The van der Waals surface area contributed by atoms with Crippen molar-refractivity contribution in [2.24, 2.45) is 0 Å². The number of hydrogen-bond acceptors (Lipinski definition) is 3. The Morgan fingerprint density at radius 2 is 2.10 bits per heavy atom. The van der Waals surface area contributed by atoms with Crippen LogP contribution in [0.4, 0.5) is 0 Å². The van der Waals surface area contributed by atoms with Crippen molar-refractivity contribution in [3.05, 3.63) is 44.3 Å². The first-order valence-electron chi connectivity index (χ1n) is 5.70. The number of fused-ring (bicyclic) bond motifs is 1. The van der Waals surface area contributed by atoms with Crippen LogP contribution in [0.25, 0.3) is 16.7 Å². The molecule has 1 N–H and O–H groups in total. The maximum atomic E-state index is 5.41.